The normalized spacial score (nSPS) is 12.7. The molecule has 1 unspecified atom stereocenters. The topological polar surface area (TPSA) is 38.1 Å². The Morgan fingerprint density at radius 1 is 1.20 bits per heavy atom. The van der Waals surface area contributed by atoms with Crippen LogP contribution >= 0.6 is 0 Å². The maximum absolute atomic E-state index is 6.00. The lowest BCUT2D eigenvalue weighted by atomic mass is 10.1. The van der Waals surface area contributed by atoms with E-state index in [0.717, 1.165) is 29.0 Å². The van der Waals surface area contributed by atoms with Crippen LogP contribution in [0.25, 0.3) is 22.1 Å². The zero-order chi connectivity index (χ0) is 13.9. The molecule has 20 heavy (non-hydrogen) atoms. The molecule has 0 amide bonds. The first-order valence-electron chi connectivity index (χ1n) is 6.96. The van der Waals surface area contributed by atoms with Gasteiger partial charge in [0.15, 0.2) is 0 Å². The summed E-state index contributed by atoms with van der Waals surface area (Å²) in [5.74, 6) is 1.85. The Balaban J connectivity index is 2.03. The number of furan rings is 1. The highest BCUT2D eigenvalue weighted by molar-refractivity contribution is 5.94. The first-order chi connectivity index (χ1) is 9.79. The standard InChI is InChI=1S/C17H18N2O/c1-3-19-12(2)16-7-8-17(20-16)14-6-4-5-13-9-10-18-11-15(13)14/h4-12,19H,3H2,1-2H3. The molecule has 0 fully saturated rings. The largest absolute Gasteiger partial charge is 0.459 e. The van der Waals surface area contributed by atoms with Crippen molar-refractivity contribution in [3.05, 3.63) is 54.6 Å². The van der Waals surface area contributed by atoms with Gasteiger partial charge in [0.2, 0.25) is 0 Å². The Morgan fingerprint density at radius 3 is 2.95 bits per heavy atom. The number of aromatic nitrogens is 1. The molecule has 0 spiro atoms. The van der Waals surface area contributed by atoms with Crippen LogP contribution in [0, 0.1) is 0 Å². The first-order valence-corrected chi connectivity index (χ1v) is 6.96. The van der Waals surface area contributed by atoms with Gasteiger partial charge < -0.3 is 9.73 Å². The number of hydrogen-bond acceptors (Lipinski definition) is 3. The third-order valence-corrected chi connectivity index (χ3v) is 3.51. The zero-order valence-electron chi connectivity index (χ0n) is 11.8. The fraction of sp³-hybridized carbons (Fsp3) is 0.235. The smallest absolute Gasteiger partial charge is 0.135 e. The van der Waals surface area contributed by atoms with E-state index in [0.29, 0.717) is 0 Å². The summed E-state index contributed by atoms with van der Waals surface area (Å²) in [6.45, 7) is 5.13. The van der Waals surface area contributed by atoms with E-state index in [9.17, 15) is 0 Å². The van der Waals surface area contributed by atoms with Crippen molar-refractivity contribution >= 4 is 10.8 Å². The molecule has 102 valence electrons. The van der Waals surface area contributed by atoms with Gasteiger partial charge in [-0.05, 0) is 37.1 Å². The quantitative estimate of drug-likeness (QED) is 0.770. The van der Waals surface area contributed by atoms with Crippen LogP contribution in [-0.4, -0.2) is 11.5 Å². The second-order valence-electron chi connectivity index (χ2n) is 4.88. The Bertz CT molecular complexity index is 712. The molecule has 0 saturated heterocycles. The van der Waals surface area contributed by atoms with Gasteiger partial charge in [0.25, 0.3) is 0 Å². The molecule has 3 rings (SSSR count). The van der Waals surface area contributed by atoms with Gasteiger partial charge in [0.1, 0.15) is 11.5 Å². The lowest BCUT2D eigenvalue weighted by Crippen LogP contribution is -2.16. The molecule has 0 aliphatic heterocycles. The Labute approximate surface area is 118 Å². The van der Waals surface area contributed by atoms with Crippen LogP contribution in [0.4, 0.5) is 0 Å². The second-order valence-corrected chi connectivity index (χ2v) is 4.88. The van der Waals surface area contributed by atoms with Crippen molar-refractivity contribution in [1.29, 1.82) is 0 Å². The van der Waals surface area contributed by atoms with E-state index in [-0.39, 0.29) is 6.04 Å². The Hall–Kier alpha value is -2.13. The minimum Gasteiger partial charge on any atom is -0.459 e. The third-order valence-electron chi connectivity index (χ3n) is 3.51. The number of hydrogen-bond donors (Lipinski definition) is 1. The molecule has 0 saturated carbocycles. The summed E-state index contributed by atoms with van der Waals surface area (Å²) in [4.78, 5) is 4.22. The lowest BCUT2D eigenvalue weighted by molar-refractivity contribution is 0.445. The van der Waals surface area contributed by atoms with Crippen LogP contribution < -0.4 is 5.32 Å². The lowest BCUT2D eigenvalue weighted by Gasteiger charge is -2.09. The monoisotopic (exact) mass is 266 g/mol. The summed E-state index contributed by atoms with van der Waals surface area (Å²) < 4.78 is 6.00. The third kappa shape index (κ3) is 2.32. The molecule has 0 bridgehead atoms. The van der Waals surface area contributed by atoms with E-state index in [1.165, 1.54) is 5.39 Å². The van der Waals surface area contributed by atoms with Gasteiger partial charge in [-0.2, -0.15) is 0 Å². The molecular weight excluding hydrogens is 248 g/mol. The van der Waals surface area contributed by atoms with Crippen LogP contribution in [0.15, 0.2) is 53.2 Å². The number of fused-ring (bicyclic) bond motifs is 1. The highest BCUT2D eigenvalue weighted by Gasteiger charge is 2.12. The highest BCUT2D eigenvalue weighted by atomic mass is 16.3. The fourth-order valence-electron chi connectivity index (χ4n) is 2.47. The first kappa shape index (κ1) is 12.9. The van der Waals surface area contributed by atoms with Gasteiger partial charge >= 0.3 is 0 Å². The van der Waals surface area contributed by atoms with Gasteiger partial charge in [-0.15, -0.1) is 0 Å². The van der Waals surface area contributed by atoms with Crippen molar-refractivity contribution < 1.29 is 4.42 Å². The summed E-state index contributed by atoms with van der Waals surface area (Å²) in [5, 5.41) is 5.65. The second kappa shape index (κ2) is 5.47. The molecule has 3 heteroatoms. The zero-order valence-corrected chi connectivity index (χ0v) is 11.8. The van der Waals surface area contributed by atoms with Gasteiger partial charge in [-0.3, -0.25) is 4.98 Å². The SMILES string of the molecule is CCNC(C)c1ccc(-c2cccc3ccncc23)o1. The van der Waals surface area contributed by atoms with Crippen LogP contribution in [0.1, 0.15) is 25.6 Å². The summed E-state index contributed by atoms with van der Waals surface area (Å²) in [6.07, 6.45) is 3.70. The molecule has 1 atom stereocenters. The van der Waals surface area contributed by atoms with Crippen LogP contribution in [-0.2, 0) is 0 Å². The van der Waals surface area contributed by atoms with Gasteiger partial charge in [-0.1, -0.05) is 25.1 Å². The number of benzene rings is 1. The average Bonchev–Trinajstić information content (AvgIpc) is 2.97. The van der Waals surface area contributed by atoms with E-state index in [1.807, 2.05) is 36.7 Å². The molecule has 2 heterocycles. The van der Waals surface area contributed by atoms with E-state index in [4.69, 9.17) is 4.42 Å². The summed E-state index contributed by atoms with van der Waals surface area (Å²) in [6, 6.07) is 12.5. The van der Waals surface area contributed by atoms with E-state index in [1.54, 1.807) is 0 Å². The van der Waals surface area contributed by atoms with E-state index >= 15 is 0 Å². The van der Waals surface area contributed by atoms with E-state index in [2.05, 4.69) is 36.3 Å². The molecule has 1 aromatic carbocycles. The maximum atomic E-state index is 6.00. The number of nitrogens with one attached hydrogen (secondary N) is 1. The predicted octanol–water partition coefficient (Wildman–Crippen LogP) is 4.17. The van der Waals surface area contributed by atoms with Crippen molar-refractivity contribution in [1.82, 2.24) is 10.3 Å². The number of rotatable bonds is 4. The van der Waals surface area contributed by atoms with Crippen LogP contribution in [0.2, 0.25) is 0 Å². The summed E-state index contributed by atoms with van der Waals surface area (Å²) >= 11 is 0. The maximum Gasteiger partial charge on any atom is 0.135 e. The summed E-state index contributed by atoms with van der Waals surface area (Å²) in [7, 11) is 0. The minimum absolute atomic E-state index is 0.224. The average molecular weight is 266 g/mol. The molecule has 2 aromatic heterocycles. The summed E-state index contributed by atoms with van der Waals surface area (Å²) in [5.41, 5.74) is 1.09. The Morgan fingerprint density at radius 2 is 2.10 bits per heavy atom. The molecule has 1 N–H and O–H groups in total. The van der Waals surface area contributed by atoms with Crippen molar-refractivity contribution in [2.75, 3.05) is 6.54 Å². The van der Waals surface area contributed by atoms with Crippen molar-refractivity contribution in [2.24, 2.45) is 0 Å². The molecule has 0 aliphatic rings. The number of pyridine rings is 1. The molecular formula is C17H18N2O. The molecule has 3 aromatic rings. The van der Waals surface area contributed by atoms with Crippen molar-refractivity contribution in [2.45, 2.75) is 19.9 Å². The fourth-order valence-corrected chi connectivity index (χ4v) is 2.47. The van der Waals surface area contributed by atoms with Crippen LogP contribution in [0.5, 0.6) is 0 Å². The van der Waals surface area contributed by atoms with Crippen molar-refractivity contribution in [3.63, 3.8) is 0 Å². The number of nitrogens with zero attached hydrogens (tertiary/aromatic N) is 1. The van der Waals surface area contributed by atoms with Crippen molar-refractivity contribution in [3.8, 4) is 11.3 Å². The van der Waals surface area contributed by atoms with Gasteiger partial charge in [0.05, 0.1) is 6.04 Å². The van der Waals surface area contributed by atoms with E-state index < -0.39 is 0 Å². The molecule has 3 nitrogen and oxygen atoms in total. The predicted molar refractivity (Wildman–Crippen MR) is 81.5 cm³/mol. The molecule has 0 aliphatic carbocycles. The minimum atomic E-state index is 0.224. The van der Waals surface area contributed by atoms with Gasteiger partial charge in [0, 0.05) is 23.3 Å². The highest BCUT2D eigenvalue weighted by Crippen LogP contribution is 2.30. The Kier molecular flexibility index (Phi) is 3.52. The molecule has 0 radical (unpaired) electrons. The van der Waals surface area contributed by atoms with Gasteiger partial charge in [-0.25, -0.2) is 0 Å². The van der Waals surface area contributed by atoms with Crippen LogP contribution in [0.3, 0.4) is 0 Å².